The molecule has 4 aromatic rings. The summed E-state index contributed by atoms with van der Waals surface area (Å²) in [6.45, 7) is 10.0. The molecule has 0 aliphatic heterocycles. The zero-order valence-corrected chi connectivity index (χ0v) is 18.8. The summed E-state index contributed by atoms with van der Waals surface area (Å²) in [6, 6.07) is 25.0. The average Bonchev–Trinajstić information content (AvgIpc) is 3.02. The number of aryl methyl sites for hydroxylation is 2. The van der Waals surface area contributed by atoms with Crippen LogP contribution in [0.25, 0.3) is 10.9 Å². The standard InChI is InChI=1S/C28H30N2O/c1-19-9-8-10-23(15-19)18-30-22(4)21(3)26-16-25(13-14-27(26)30)28(31)29-17-20(2)24-11-6-5-7-12-24/h5-16,20H,17-18H2,1-4H3,(H,29,31). The van der Waals surface area contributed by atoms with Crippen LogP contribution in [-0.2, 0) is 6.54 Å². The van der Waals surface area contributed by atoms with Crippen molar-refractivity contribution in [2.45, 2.75) is 40.2 Å². The van der Waals surface area contributed by atoms with E-state index in [2.05, 4.69) is 80.0 Å². The van der Waals surface area contributed by atoms with Crippen molar-refractivity contribution in [3.63, 3.8) is 0 Å². The summed E-state index contributed by atoms with van der Waals surface area (Å²) in [7, 11) is 0. The van der Waals surface area contributed by atoms with Crippen LogP contribution in [0.2, 0.25) is 0 Å². The minimum absolute atomic E-state index is 0.0202. The van der Waals surface area contributed by atoms with Crippen molar-refractivity contribution in [3.05, 3.63) is 106 Å². The van der Waals surface area contributed by atoms with Crippen LogP contribution in [0, 0.1) is 20.8 Å². The van der Waals surface area contributed by atoms with Crippen molar-refractivity contribution >= 4 is 16.8 Å². The first-order chi connectivity index (χ1) is 14.9. The third kappa shape index (κ3) is 4.41. The number of hydrogen-bond donors (Lipinski definition) is 1. The van der Waals surface area contributed by atoms with Gasteiger partial charge in [0.25, 0.3) is 5.91 Å². The third-order valence-corrected chi connectivity index (χ3v) is 6.26. The van der Waals surface area contributed by atoms with Gasteiger partial charge in [-0.3, -0.25) is 4.79 Å². The molecule has 0 aliphatic carbocycles. The van der Waals surface area contributed by atoms with Crippen molar-refractivity contribution < 1.29 is 4.79 Å². The van der Waals surface area contributed by atoms with Gasteiger partial charge in [0.05, 0.1) is 0 Å². The Labute approximate surface area is 184 Å². The quantitative estimate of drug-likeness (QED) is 0.406. The third-order valence-electron chi connectivity index (χ3n) is 6.26. The highest BCUT2D eigenvalue weighted by atomic mass is 16.1. The predicted octanol–water partition coefficient (Wildman–Crippen LogP) is 6.15. The molecule has 0 saturated heterocycles. The molecule has 3 nitrogen and oxygen atoms in total. The minimum atomic E-state index is -0.0202. The summed E-state index contributed by atoms with van der Waals surface area (Å²) in [6.07, 6.45) is 0. The first-order valence-electron chi connectivity index (χ1n) is 10.9. The molecule has 1 unspecified atom stereocenters. The van der Waals surface area contributed by atoms with Gasteiger partial charge in [0.15, 0.2) is 0 Å². The predicted molar refractivity (Wildman–Crippen MR) is 129 cm³/mol. The van der Waals surface area contributed by atoms with Crippen molar-refractivity contribution in [1.82, 2.24) is 9.88 Å². The fourth-order valence-corrected chi connectivity index (χ4v) is 4.24. The highest BCUT2D eigenvalue weighted by Crippen LogP contribution is 2.27. The second-order valence-electron chi connectivity index (χ2n) is 8.54. The lowest BCUT2D eigenvalue weighted by Gasteiger charge is -2.13. The molecule has 158 valence electrons. The van der Waals surface area contributed by atoms with Gasteiger partial charge >= 0.3 is 0 Å². The van der Waals surface area contributed by atoms with E-state index in [0.717, 1.165) is 11.9 Å². The molecule has 0 aliphatic rings. The molecule has 0 fully saturated rings. The van der Waals surface area contributed by atoms with Gasteiger partial charge in [-0.2, -0.15) is 0 Å². The first kappa shape index (κ1) is 20.9. The van der Waals surface area contributed by atoms with Gasteiger partial charge in [0.2, 0.25) is 0 Å². The Morgan fingerprint density at radius 3 is 2.45 bits per heavy atom. The smallest absolute Gasteiger partial charge is 0.251 e. The molecule has 0 bridgehead atoms. The molecule has 1 atom stereocenters. The minimum Gasteiger partial charge on any atom is -0.351 e. The van der Waals surface area contributed by atoms with Crippen molar-refractivity contribution in [2.24, 2.45) is 0 Å². The monoisotopic (exact) mass is 410 g/mol. The van der Waals surface area contributed by atoms with Crippen LogP contribution in [0.3, 0.4) is 0 Å². The molecule has 31 heavy (non-hydrogen) atoms. The summed E-state index contributed by atoms with van der Waals surface area (Å²) in [4.78, 5) is 12.8. The number of nitrogens with zero attached hydrogens (tertiary/aromatic N) is 1. The lowest BCUT2D eigenvalue weighted by molar-refractivity contribution is 0.0952. The maximum atomic E-state index is 12.8. The fraction of sp³-hybridized carbons (Fsp3) is 0.250. The largest absolute Gasteiger partial charge is 0.351 e. The van der Waals surface area contributed by atoms with Gasteiger partial charge in [-0.1, -0.05) is 67.1 Å². The molecule has 0 spiro atoms. The number of carbonyl (C=O) groups is 1. The van der Waals surface area contributed by atoms with Gasteiger partial charge in [0.1, 0.15) is 0 Å². The zero-order chi connectivity index (χ0) is 22.0. The highest BCUT2D eigenvalue weighted by molar-refractivity contribution is 5.99. The summed E-state index contributed by atoms with van der Waals surface area (Å²) in [5.74, 6) is 0.251. The van der Waals surface area contributed by atoms with Gasteiger partial charge < -0.3 is 9.88 Å². The SMILES string of the molecule is Cc1cccc(Cn2c(C)c(C)c3cc(C(=O)NCC(C)c4ccccc4)ccc32)c1. The van der Waals surface area contributed by atoms with Crippen LogP contribution >= 0.6 is 0 Å². The molecule has 1 aromatic heterocycles. The van der Waals surface area contributed by atoms with Gasteiger partial charge in [-0.25, -0.2) is 0 Å². The van der Waals surface area contributed by atoms with Crippen molar-refractivity contribution in [2.75, 3.05) is 6.54 Å². The molecule has 1 heterocycles. The van der Waals surface area contributed by atoms with Crippen LogP contribution in [0.1, 0.15) is 51.1 Å². The normalized spacial score (nSPS) is 12.1. The maximum absolute atomic E-state index is 12.8. The molecular weight excluding hydrogens is 380 g/mol. The van der Waals surface area contributed by atoms with E-state index in [-0.39, 0.29) is 11.8 Å². The number of carbonyl (C=O) groups excluding carboxylic acids is 1. The number of aromatic nitrogens is 1. The van der Waals surface area contributed by atoms with E-state index in [1.165, 1.54) is 33.5 Å². The topological polar surface area (TPSA) is 34.0 Å². The van der Waals surface area contributed by atoms with Gasteiger partial charge in [-0.15, -0.1) is 0 Å². The van der Waals surface area contributed by atoms with E-state index in [4.69, 9.17) is 0 Å². The van der Waals surface area contributed by atoms with E-state index in [1.54, 1.807) is 0 Å². The van der Waals surface area contributed by atoms with Crippen molar-refractivity contribution in [3.8, 4) is 0 Å². The number of amides is 1. The Hall–Kier alpha value is -3.33. The maximum Gasteiger partial charge on any atom is 0.251 e. The molecule has 0 saturated carbocycles. The Balaban J connectivity index is 1.55. The van der Waals surface area contributed by atoms with Crippen molar-refractivity contribution in [1.29, 1.82) is 0 Å². The number of benzene rings is 3. The number of rotatable bonds is 6. The summed E-state index contributed by atoms with van der Waals surface area (Å²) in [5.41, 5.74) is 8.15. The van der Waals surface area contributed by atoms with E-state index >= 15 is 0 Å². The molecular formula is C28H30N2O. The second kappa shape index (κ2) is 8.81. The molecule has 4 rings (SSSR count). The van der Waals surface area contributed by atoms with E-state index in [0.29, 0.717) is 12.1 Å². The summed E-state index contributed by atoms with van der Waals surface area (Å²) in [5, 5.41) is 4.25. The lowest BCUT2D eigenvalue weighted by Crippen LogP contribution is -2.27. The Morgan fingerprint density at radius 2 is 1.71 bits per heavy atom. The fourth-order valence-electron chi connectivity index (χ4n) is 4.24. The van der Waals surface area contributed by atoms with E-state index in [9.17, 15) is 4.79 Å². The van der Waals surface area contributed by atoms with Gasteiger partial charge in [-0.05, 0) is 61.6 Å². The van der Waals surface area contributed by atoms with Crippen LogP contribution in [0.15, 0.2) is 72.8 Å². The van der Waals surface area contributed by atoms with Crippen LogP contribution < -0.4 is 5.32 Å². The Kier molecular flexibility index (Phi) is 5.94. The van der Waals surface area contributed by atoms with Crippen LogP contribution in [-0.4, -0.2) is 17.0 Å². The van der Waals surface area contributed by atoms with Gasteiger partial charge in [0, 0.05) is 35.2 Å². The van der Waals surface area contributed by atoms with E-state index in [1.807, 2.05) is 30.3 Å². The molecule has 0 radical (unpaired) electrons. The Morgan fingerprint density at radius 1 is 0.935 bits per heavy atom. The molecule has 3 aromatic carbocycles. The Bertz CT molecular complexity index is 1220. The average molecular weight is 411 g/mol. The van der Waals surface area contributed by atoms with E-state index < -0.39 is 0 Å². The highest BCUT2D eigenvalue weighted by Gasteiger charge is 2.15. The van der Waals surface area contributed by atoms with Crippen LogP contribution in [0.4, 0.5) is 0 Å². The summed E-state index contributed by atoms with van der Waals surface area (Å²) < 4.78 is 2.35. The summed E-state index contributed by atoms with van der Waals surface area (Å²) >= 11 is 0. The first-order valence-corrected chi connectivity index (χ1v) is 10.9. The molecule has 3 heteroatoms. The van der Waals surface area contributed by atoms with Crippen LogP contribution in [0.5, 0.6) is 0 Å². The molecule has 1 N–H and O–H groups in total. The lowest BCUT2D eigenvalue weighted by atomic mass is 10.0. The second-order valence-corrected chi connectivity index (χ2v) is 8.54. The number of nitrogens with one attached hydrogen (secondary N) is 1. The number of fused-ring (bicyclic) bond motifs is 1. The number of hydrogen-bond acceptors (Lipinski definition) is 1. The molecule has 1 amide bonds. The zero-order valence-electron chi connectivity index (χ0n) is 18.8.